The van der Waals surface area contributed by atoms with E-state index in [9.17, 15) is 4.39 Å². The van der Waals surface area contributed by atoms with E-state index in [2.05, 4.69) is 21.2 Å². The number of benzene rings is 2. The largest absolute Gasteiger partial charge is 0.306 e. The zero-order valence-corrected chi connectivity index (χ0v) is 12.8. The molecule has 2 aromatic rings. The first kappa shape index (κ1) is 14.5. The lowest BCUT2D eigenvalue weighted by molar-refractivity contribution is 0.559. The second-order valence-corrected chi connectivity index (χ2v) is 5.50. The molecule has 0 aliphatic rings. The van der Waals surface area contributed by atoms with Crippen molar-refractivity contribution in [2.45, 2.75) is 13.0 Å². The van der Waals surface area contributed by atoms with Crippen LogP contribution in [0.3, 0.4) is 0 Å². The van der Waals surface area contributed by atoms with Crippen molar-refractivity contribution in [3.63, 3.8) is 0 Å². The number of nitrogens with one attached hydrogen (secondary N) is 1. The quantitative estimate of drug-likeness (QED) is 0.830. The van der Waals surface area contributed by atoms with Gasteiger partial charge in [-0.2, -0.15) is 0 Å². The molecule has 0 saturated carbocycles. The van der Waals surface area contributed by atoms with Crippen molar-refractivity contribution >= 4 is 27.5 Å². The fourth-order valence-electron chi connectivity index (χ4n) is 2.04. The maximum Gasteiger partial charge on any atom is 0.128 e. The summed E-state index contributed by atoms with van der Waals surface area (Å²) < 4.78 is 14.9. The molecule has 4 heteroatoms. The third kappa shape index (κ3) is 3.35. The summed E-state index contributed by atoms with van der Waals surface area (Å²) in [5, 5.41) is 3.90. The van der Waals surface area contributed by atoms with Crippen LogP contribution in [0.15, 0.2) is 46.9 Å². The Labute approximate surface area is 125 Å². The molecule has 0 spiro atoms. The highest BCUT2D eigenvalue weighted by atomic mass is 79.9. The number of rotatable bonds is 4. The predicted molar refractivity (Wildman–Crippen MR) is 81.1 cm³/mol. The Morgan fingerprint density at radius 3 is 2.63 bits per heavy atom. The molecular formula is C15H14BrClFN. The molecule has 1 nitrogen and oxygen atoms in total. The topological polar surface area (TPSA) is 12.0 Å². The summed E-state index contributed by atoms with van der Waals surface area (Å²) >= 11 is 9.67. The van der Waals surface area contributed by atoms with Gasteiger partial charge in [-0.15, -0.1) is 0 Å². The molecule has 0 aromatic heterocycles. The first-order valence-corrected chi connectivity index (χ1v) is 7.23. The van der Waals surface area contributed by atoms with Crippen molar-refractivity contribution in [3.8, 4) is 0 Å². The maximum absolute atomic E-state index is 14.0. The van der Waals surface area contributed by atoms with E-state index in [1.807, 2.05) is 31.2 Å². The Morgan fingerprint density at radius 2 is 1.95 bits per heavy atom. The summed E-state index contributed by atoms with van der Waals surface area (Å²) in [4.78, 5) is 0. The molecule has 1 N–H and O–H groups in total. The second kappa shape index (κ2) is 6.51. The summed E-state index contributed by atoms with van der Waals surface area (Å²) in [7, 11) is 0. The van der Waals surface area contributed by atoms with E-state index in [1.54, 1.807) is 12.1 Å². The first-order chi connectivity index (χ1) is 9.13. The van der Waals surface area contributed by atoms with Crippen LogP contribution < -0.4 is 5.32 Å². The molecule has 0 heterocycles. The molecule has 0 saturated heterocycles. The van der Waals surface area contributed by atoms with E-state index in [1.165, 1.54) is 6.07 Å². The first-order valence-electron chi connectivity index (χ1n) is 6.06. The number of hydrogen-bond donors (Lipinski definition) is 1. The van der Waals surface area contributed by atoms with Crippen molar-refractivity contribution in [1.29, 1.82) is 0 Å². The van der Waals surface area contributed by atoms with Crippen LogP contribution in [0.4, 0.5) is 4.39 Å². The van der Waals surface area contributed by atoms with Crippen LogP contribution in [0, 0.1) is 5.82 Å². The van der Waals surface area contributed by atoms with Gasteiger partial charge in [0, 0.05) is 15.1 Å². The molecule has 0 radical (unpaired) electrons. The summed E-state index contributed by atoms with van der Waals surface area (Å²) in [6.07, 6.45) is 0. The van der Waals surface area contributed by atoms with E-state index < -0.39 is 0 Å². The smallest absolute Gasteiger partial charge is 0.128 e. The molecule has 0 aliphatic heterocycles. The van der Waals surface area contributed by atoms with E-state index in [-0.39, 0.29) is 11.9 Å². The summed E-state index contributed by atoms with van der Waals surface area (Å²) in [6, 6.07) is 12.1. The highest BCUT2D eigenvalue weighted by Gasteiger charge is 2.19. The van der Waals surface area contributed by atoms with Crippen LogP contribution in [0.25, 0.3) is 0 Å². The lowest BCUT2D eigenvalue weighted by Crippen LogP contribution is -2.23. The Balaban J connectivity index is 2.51. The molecule has 1 unspecified atom stereocenters. The molecule has 0 fully saturated rings. The van der Waals surface area contributed by atoms with Crippen molar-refractivity contribution in [2.75, 3.05) is 6.54 Å². The SMILES string of the molecule is CCNC(c1ccccc1F)c1cc(Br)ccc1Cl. The molecule has 100 valence electrons. The van der Waals surface area contributed by atoms with E-state index in [0.29, 0.717) is 10.6 Å². The van der Waals surface area contributed by atoms with Gasteiger partial charge < -0.3 is 5.32 Å². The minimum Gasteiger partial charge on any atom is -0.306 e. The van der Waals surface area contributed by atoms with Gasteiger partial charge in [0.2, 0.25) is 0 Å². The van der Waals surface area contributed by atoms with Crippen LogP contribution >= 0.6 is 27.5 Å². The zero-order chi connectivity index (χ0) is 13.8. The fraction of sp³-hybridized carbons (Fsp3) is 0.200. The standard InChI is InChI=1S/C15H14BrClFN/c1-2-19-15(11-5-3-4-6-14(11)18)12-9-10(16)7-8-13(12)17/h3-9,15,19H,2H2,1H3. The molecule has 0 bridgehead atoms. The second-order valence-electron chi connectivity index (χ2n) is 4.18. The molecular weight excluding hydrogens is 329 g/mol. The molecule has 2 aromatic carbocycles. The highest BCUT2D eigenvalue weighted by molar-refractivity contribution is 9.10. The fourth-order valence-corrected chi connectivity index (χ4v) is 2.64. The van der Waals surface area contributed by atoms with Gasteiger partial charge >= 0.3 is 0 Å². The monoisotopic (exact) mass is 341 g/mol. The van der Waals surface area contributed by atoms with Gasteiger partial charge in [0.15, 0.2) is 0 Å². The molecule has 0 aliphatic carbocycles. The van der Waals surface area contributed by atoms with Gasteiger partial charge in [-0.1, -0.05) is 52.7 Å². The van der Waals surface area contributed by atoms with Gasteiger partial charge in [-0.25, -0.2) is 4.39 Å². The predicted octanol–water partition coefficient (Wildman–Crippen LogP) is 4.94. The summed E-state index contributed by atoms with van der Waals surface area (Å²) in [5.74, 6) is -0.232. The van der Waals surface area contributed by atoms with Crippen molar-refractivity contribution < 1.29 is 4.39 Å². The van der Waals surface area contributed by atoms with Crippen LogP contribution in [-0.2, 0) is 0 Å². The minimum atomic E-state index is -0.254. The van der Waals surface area contributed by atoms with Crippen molar-refractivity contribution in [1.82, 2.24) is 5.32 Å². The average molecular weight is 343 g/mol. The van der Waals surface area contributed by atoms with Gasteiger partial charge in [0.1, 0.15) is 5.82 Å². The Hall–Kier alpha value is -0.900. The molecule has 19 heavy (non-hydrogen) atoms. The number of hydrogen-bond acceptors (Lipinski definition) is 1. The molecule has 0 amide bonds. The summed E-state index contributed by atoms with van der Waals surface area (Å²) in [5.41, 5.74) is 1.47. The van der Waals surface area contributed by atoms with Crippen molar-refractivity contribution in [3.05, 3.63) is 68.9 Å². The van der Waals surface area contributed by atoms with E-state index in [4.69, 9.17) is 11.6 Å². The maximum atomic E-state index is 14.0. The van der Waals surface area contributed by atoms with Crippen LogP contribution in [0.1, 0.15) is 24.1 Å². The molecule has 2 rings (SSSR count). The van der Waals surface area contributed by atoms with E-state index >= 15 is 0 Å². The molecule has 1 atom stereocenters. The van der Waals surface area contributed by atoms with Gasteiger partial charge in [-0.05, 0) is 36.4 Å². The zero-order valence-electron chi connectivity index (χ0n) is 10.5. The lowest BCUT2D eigenvalue weighted by Gasteiger charge is -2.21. The Bertz CT molecular complexity index is 574. The normalized spacial score (nSPS) is 12.4. The average Bonchev–Trinajstić information content (AvgIpc) is 2.40. The van der Waals surface area contributed by atoms with Crippen LogP contribution in [0.5, 0.6) is 0 Å². The van der Waals surface area contributed by atoms with Gasteiger partial charge in [0.25, 0.3) is 0 Å². The Morgan fingerprint density at radius 1 is 1.21 bits per heavy atom. The van der Waals surface area contributed by atoms with Gasteiger partial charge in [0.05, 0.1) is 6.04 Å². The van der Waals surface area contributed by atoms with Crippen LogP contribution in [0.2, 0.25) is 5.02 Å². The highest BCUT2D eigenvalue weighted by Crippen LogP contribution is 2.31. The third-order valence-electron chi connectivity index (χ3n) is 2.89. The Kier molecular flexibility index (Phi) is 4.97. The van der Waals surface area contributed by atoms with Crippen LogP contribution in [-0.4, -0.2) is 6.54 Å². The van der Waals surface area contributed by atoms with Gasteiger partial charge in [-0.3, -0.25) is 0 Å². The van der Waals surface area contributed by atoms with Crippen molar-refractivity contribution in [2.24, 2.45) is 0 Å². The third-order valence-corrected chi connectivity index (χ3v) is 3.73. The minimum absolute atomic E-state index is 0.232. The lowest BCUT2D eigenvalue weighted by atomic mass is 9.98. The number of halogens is 3. The van der Waals surface area contributed by atoms with E-state index in [0.717, 1.165) is 16.6 Å². The summed E-state index contributed by atoms with van der Waals surface area (Å²) in [6.45, 7) is 2.71.